The van der Waals surface area contributed by atoms with Gasteiger partial charge >= 0.3 is 6.03 Å². The average Bonchev–Trinajstić information content (AvgIpc) is 3.03. The Hall–Kier alpha value is -1.76. The second-order valence-electron chi connectivity index (χ2n) is 5.03. The summed E-state index contributed by atoms with van der Waals surface area (Å²) in [6.45, 7) is 2.40. The van der Waals surface area contributed by atoms with Gasteiger partial charge in [0.2, 0.25) is 0 Å². The van der Waals surface area contributed by atoms with Crippen molar-refractivity contribution < 1.29 is 14.8 Å². The Morgan fingerprint density at radius 1 is 1.39 bits per heavy atom. The third-order valence-electron chi connectivity index (χ3n) is 3.20. The molecule has 0 unspecified atom stereocenters. The number of halogens is 1. The van der Waals surface area contributed by atoms with E-state index >= 15 is 0 Å². The molecule has 4 N–H and O–H groups in total. The van der Waals surface area contributed by atoms with E-state index in [0.717, 1.165) is 36.5 Å². The number of methoxy groups -OCH3 is 1. The Balaban J connectivity index is 1.59. The molecule has 2 aromatic rings. The van der Waals surface area contributed by atoms with Crippen LogP contribution < -0.4 is 20.7 Å². The second kappa shape index (κ2) is 9.39. The molecule has 7 heteroatoms. The molecule has 0 saturated carbocycles. The van der Waals surface area contributed by atoms with Crippen molar-refractivity contribution >= 4 is 34.7 Å². The number of carbonyl (C=O) groups excluding carboxylic acids is 1. The SMILES string of the molecule is COc1cc(Cl)cc(C[NH2+]CCCNC(=O)Nc2ccsc2)c1. The maximum atomic E-state index is 11.6. The van der Waals surface area contributed by atoms with Gasteiger partial charge in [0, 0.05) is 28.9 Å². The van der Waals surface area contributed by atoms with Crippen molar-refractivity contribution in [3.8, 4) is 5.75 Å². The Labute approximate surface area is 145 Å². The fraction of sp³-hybridized carbons (Fsp3) is 0.312. The number of nitrogens with one attached hydrogen (secondary N) is 2. The summed E-state index contributed by atoms with van der Waals surface area (Å²) < 4.78 is 5.20. The zero-order valence-corrected chi connectivity index (χ0v) is 14.5. The first-order chi connectivity index (χ1) is 11.2. The van der Waals surface area contributed by atoms with Gasteiger partial charge in [-0.3, -0.25) is 0 Å². The maximum Gasteiger partial charge on any atom is 0.319 e. The lowest BCUT2D eigenvalue weighted by Crippen LogP contribution is -2.82. The summed E-state index contributed by atoms with van der Waals surface area (Å²) in [5.74, 6) is 0.771. The molecule has 5 nitrogen and oxygen atoms in total. The number of hydrogen-bond donors (Lipinski definition) is 3. The highest BCUT2D eigenvalue weighted by atomic mass is 35.5. The number of carbonyl (C=O) groups is 1. The quantitative estimate of drug-likeness (QED) is 0.638. The molecule has 0 aliphatic heterocycles. The van der Waals surface area contributed by atoms with E-state index in [9.17, 15) is 4.79 Å². The van der Waals surface area contributed by atoms with Crippen LogP contribution in [0.1, 0.15) is 12.0 Å². The summed E-state index contributed by atoms with van der Waals surface area (Å²) in [4.78, 5) is 11.6. The van der Waals surface area contributed by atoms with Gasteiger partial charge in [-0.05, 0) is 29.6 Å². The van der Waals surface area contributed by atoms with Gasteiger partial charge in [-0.1, -0.05) is 11.6 Å². The second-order valence-corrected chi connectivity index (χ2v) is 6.24. The molecule has 0 atom stereocenters. The predicted octanol–water partition coefficient (Wildman–Crippen LogP) is 2.69. The fourth-order valence-electron chi connectivity index (χ4n) is 2.08. The number of benzene rings is 1. The van der Waals surface area contributed by atoms with E-state index in [1.165, 1.54) is 0 Å². The Bertz CT molecular complexity index is 620. The summed E-state index contributed by atoms with van der Waals surface area (Å²) in [6.07, 6.45) is 0.898. The fourth-order valence-corrected chi connectivity index (χ4v) is 2.92. The molecule has 0 bridgehead atoms. The molecule has 1 aromatic carbocycles. The smallest absolute Gasteiger partial charge is 0.319 e. The largest absolute Gasteiger partial charge is 0.497 e. The number of amides is 2. The highest BCUT2D eigenvalue weighted by Crippen LogP contribution is 2.20. The third kappa shape index (κ3) is 6.48. The number of quaternary nitrogens is 1. The number of thiophene rings is 1. The van der Waals surface area contributed by atoms with Gasteiger partial charge < -0.3 is 20.7 Å². The number of urea groups is 1. The van der Waals surface area contributed by atoms with Crippen molar-refractivity contribution in [2.24, 2.45) is 0 Å². The lowest BCUT2D eigenvalue weighted by molar-refractivity contribution is -0.670. The monoisotopic (exact) mass is 354 g/mol. The van der Waals surface area contributed by atoms with Gasteiger partial charge in [-0.2, -0.15) is 11.3 Å². The van der Waals surface area contributed by atoms with Gasteiger partial charge in [0.05, 0.1) is 19.3 Å². The van der Waals surface area contributed by atoms with Crippen LogP contribution in [0.25, 0.3) is 0 Å². The van der Waals surface area contributed by atoms with Crippen molar-refractivity contribution in [2.45, 2.75) is 13.0 Å². The molecule has 0 aliphatic rings. The average molecular weight is 355 g/mol. The zero-order chi connectivity index (χ0) is 16.5. The van der Waals surface area contributed by atoms with Gasteiger partial charge in [-0.15, -0.1) is 0 Å². The van der Waals surface area contributed by atoms with Crippen molar-refractivity contribution in [2.75, 3.05) is 25.5 Å². The Morgan fingerprint density at radius 3 is 3.00 bits per heavy atom. The molecule has 0 aliphatic carbocycles. The summed E-state index contributed by atoms with van der Waals surface area (Å²) in [5, 5.41) is 12.3. The molecule has 23 heavy (non-hydrogen) atoms. The minimum Gasteiger partial charge on any atom is -0.497 e. The molecule has 2 rings (SSSR count). The molecule has 0 fully saturated rings. The first kappa shape index (κ1) is 17.6. The van der Waals surface area contributed by atoms with Gasteiger partial charge in [0.25, 0.3) is 0 Å². The lowest BCUT2D eigenvalue weighted by Gasteiger charge is -2.07. The summed E-state index contributed by atoms with van der Waals surface area (Å²) in [5.41, 5.74) is 1.95. The highest BCUT2D eigenvalue weighted by Gasteiger charge is 2.03. The molecular weight excluding hydrogens is 334 g/mol. The third-order valence-corrected chi connectivity index (χ3v) is 4.10. The Morgan fingerprint density at radius 2 is 2.26 bits per heavy atom. The molecule has 0 spiro atoms. The van der Waals surface area contributed by atoms with Crippen molar-refractivity contribution in [3.63, 3.8) is 0 Å². The van der Waals surface area contributed by atoms with Crippen LogP contribution in [0.15, 0.2) is 35.0 Å². The minimum atomic E-state index is -0.164. The molecule has 2 amide bonds. The van der Waals surface area contributed by atoms with Gasteiger partial charge in [-0.25, -0.2) is 4.79 Å². The summed E-state index contributed by atoms with van der Waals surface area (Å²) in [6, 6.07) is 7.42. The highest BCUT2D eigenvalue weighted by molar-refractivity contribution is 7.08. The van der Waals surface area contributed by atoms with Crippen LogP contribution in [0.5, 0.6) is 5.75 Å². The van der Waals surface area contributed by atoms with E-state index < -0.39 is 0 Å². The first-order valence-corrected chi connectivity index (χ1v) is 8.71. The van der Waals surface area contributed by atoms with Gasteiger partial charge in [0.15, 0.2) is 0 Å². The van der Waals surface area contributed by atoms with E-state index in [-0.39, 0.29) is 6.03 Å². The van der Waals surface area contributed by atoms with Crippen molar-refractivity contribution in [1.82, 2.24) is 5.32 Å². The number of ether oxygens (including phenoxy) is 1. The number of anilines is 1. The summed E-state index contributed by atoms with van der Waals surface area (Å²) >= 11 is 7.59. The minimum absolute atomic E-state index is 0.164. The van der Waals surface area contributed by atoms with Crippen LogP contribution in [-0.2, 0) is 6.54 Å². The van der Waals surface area contributed by atoms with Crippen LogP contribution in [0.4, 0.5) is 10.5 Å². The molecule has 1 heterocycles. The molecule has 124 valence electrons. The maximum absolute atomic E-state index is 11.6. The van der Waals surface area contributed by atoms with Crippen LogP contribution in [0.2, 0.25) is 5.02 Å². The lowest BCUT2D eigenvalue weighted by atomic mass is 10.2. The van der Waals surface area contributed by atoms with E-state index in [0.29, 0.717) is 11.6 Å². The van der Waals surface area contributed by atoms with E-state index in [4.69, 9.17) is 16.3 Å². The van der Waals surface area contributed by atoms with E-state index in [1.807, 2.05) is 29.0 Å². The predicted molar refractivity (Wildman–Crippen MR) is 94.5 cm³/mol. The number of hydrogen-bond acceptors (Lipinski definition) is 3. The molecule has 0 saturated heterocycles. The molecule has 0 radical (unpaired) electrons. The summed E-state index contributed by atoms with van der Waals surface area (Å²) in [7, 11) is 1.63. The molecule has 1 aromatic heterocycles. The number of rotatable bonds is 8. The van der Waals surface area contributed by atoms with Crippen molar-refractivity contribution in [1.29, 1.82) is 0 Å². The topological polar surface area (TPSA) is 67.0 Å². The van der Waals surface area contributed by atoms with E-state index in [2.05, 4.69) is 16.0 Å². The Kier molecular flexibility index (Phi) is 7.19. The van der Waals surface area contributed by atoms with E-state index in [1.54, 1.807) is 24.5 Å². The molecular formula is C16H21ClN3O2S+. The first-order valence-electron chi connectivity index (χ1n) is 7.39. The van der Waals surface area contributed by atoms with Crippen LogP contribution in [0, 0.1) is 0 Å². The van der Waals surface area contributed by atoms with Crippen LogP contribution in [0.3, 0.4) is 0 Å². The van der Waals surface area contributed by atoms with Gasteiger partial charge in [0.1, 0.15) is 12.3 Å². The normalized spacial score (nSPS) is 10.3. The standard InChI is InChI=1S/C16H20ClN3O2S/c1-22-15-8-12(7-13(17)9-15)10-18-4-2-5-19-16(21)20-14-3-6-23-11-14/h3,6-9,11,18H,2,4-5,10H2,1H3,(H2,19,20,21)/p+1. The van der Waals surface area contributed by atoms with Crippen LogP contribution in [-0.4, -0.2) is 26.2 Å². The zero-order valence-electron chi connectivity index (χ0n) is 13.0. The van der Waals surface area contributed by atoms with Crippen molar-refractivity contribution in [3.05, 3.63) is 45.6 Å². The number of nitrogens with two attached hydrogens (primary N) is 1. The van der Waals surface area contributed by atoms with Crippen LogP contribution >= 0.6 is 22.9 Å².